The van der Waals surface area contributed by atoms with Gasteiger partial charge in [0.05, 0.1) is 0 Å². The van der Waals surface area contributed by atoms with Gasteiger partial charge < -0.3 is 5.32 Å². The molecule has 144 valence electrons. The number of amides is 1. The van der Waals surface area contributed by atoms with Gasteiger partial charge in [-0.1, -0.05) is 12.1 Å². The predicted molar refractivity (Wildman–Crippen MR) is 105 cm³/mol. The Morgan fingerprint density at radius 1 is 0.966 bits per heavy atom. The topological polar surface area (TPSA) is 108 Å². The van der Waals surface area contributed by atoms with Crippen LogP contribution in [0.15, 0.2) is 67.0 Å². The summed E-state index contributed by atoms with van der Waals surface area (Å²) in [6.07, 6.45) is 3.72. The molecule has 0 saturated heterocycles. The lowest BCUT2D eigenvalue weighted by molar-refractivity contribution is 0.102. The Labute approximate surface area is 165 Å². The Balaban J connectivity index is 1.36. The van der Waals surface area contributed by atoms with Crippen LogP contribution in [0.25, 0.3) is 0 Å². The third kappa shape index (κ3) is 4.78. The van der Waals surface area contributed by atoms with Gasteiger partial charge in [0, 0.05) is 30.1 Å². The van der Waals surface area contributed by atoms with Crippen LogP contribution in [0.4, 0.5) is 22.0 Å². The zero-order chi connectivity index (χ0) is 20.1. The van der Waals surface area contributed by atoms with Crippen molar-refractivity contribution in [3.63, 3.8) is 0 Å². The summed E-state index contributed by atoms with van der Waals surface area (Å²) in [5.74, 6) is 0.581. The van der Waals surface area contributed by atoms with Crippen molar-refractivity contribution in [3.8, 4) is 0 Å². The molecule has 29 heavy (non-hydrogen) atoms. The van der Waals surface area contributed by atoms with E-state index in [2.05, 4.69) is 35.8 Å². The molecule has 4 aromatic rings. The number of aromatic nitrogens is 5. The van der Waals surface area contributed by atoms with E-state index in [1.54, 1.807) is 54.9 Å². The van der Waals surface area contributed by atoms with Crippen LogP contribution in [-0.2, 0) is 6.42 Å². The second-order valence-corrected chi connectivity index (χ2v) is 6.14. The first-order valence-corrected chi connectivity index (χ1v) is 8.77. The number of H-pyrrole nitrogens is 1. The van der Waals surface area contributed by atoms with Crippen LogP contribution in [0.1, 0.15) is 21.7 Å². The molecule has 8 nitrogen and oxygen atoms in total. The molecule has 0 saturated carbocycles. The number of nitrogens with zero attached hydrogens (tertiary/aromatic N) is 4. The van der Waals surface area contributed by atoms with Crippen LogP contribution in [-0.4, -0.2) is 31.1 Å². The van der Waals surface area contributed by atoms with E-state index >= 15 is 0 Å². The molecule has 3 N–H and O–H groups in total. The van der Waals surface area contributed by atoms with Crippen molar-refractivity contribution in [2.45, 2.75) is 6.42 Å². The minimum atomic E-state index is -0.333. The molecule has 1 amide bonds. The van der Waals surface area contributed by atoms with Crippen molar-refractivity contribution < 1.29 is 9.18 Å². The average molecular weight is 389 g/mol. The quantitative estimate of drug-likeness (QED) is 0.467. The number of hydrogen-bond acceptors (Lipinski definition) is 6. The van der Waals surface area contributed by atoms with Gasteiger partial charge in [0.2, 0.25) is 11.9 Å². The van der Waals surface area contributed by atoms with Crippen molar-refractivity contribution in [1.82, 2.24) is 25.1 Å². The molecule has 9 heteroatoms. The highest BCUT2D eigenvalue weighted by molar-refractivity contribution is 6.03. The number of benzene rings is 2. The van der Waals surface area contributed by atoms with Gasteiger partial charge in [0.1, 0.15) is 11.6 Å². The highest BCUT2D eigenvalue weighted by Gasteiger charge is 2.10. The Morgan fingerprint density at radius 2 is 1.69 bits per heavy atom. The Kier molecular flexibility index (Phi) is 5.19. The number of carbonyl (C=O) groups excluding carboxylic acids is 1. The summed E-state index contributed by atoms with van der Waals surface area (Å²) in [5, 5.41) is 12.5. The fourth-order valence-electron chi connectivity index (χ4n) is 2.60. The standard InChI is InChI=1S/C20H16FN7O/c21-15-6-2-13(3-7-15)12-17-25-20(28-27-17)26-18(29)14-4-8-16(9-5-14)24-19-22-10-1-11-23-19/h1-11H,12H2,(H,22,23,24)(H2,25,26,27,28,29). The summed E-state index contributed by atoms with van der Waals surface area (Å²) in [6.45, 7) is 0. The zero-order valence-corrected chi connectivity index (χ0v) is 15.1. The van der Waals surface area contributed by atoms with Gasteiger partial charge in [-0.2, -0.15) is 4.98 Å². The van der Waals surface area contributed by atoms with E-state index in [9.17, 15) is 9.18 Å². The van der Waals surface area contributed by atoms with Crippen molar-refractivity contribution in [2.75, 3.05) is 10.6 Å². The van der Waals surface area contributed by atoms with Gasteiger partial charge in [-0.15, -0.1) is 5.10 Å². The summed E-state index contributed by atoms with van der Waals surface area (Å²) in [7, 11) is 0. The summed E-state index contributed by atoms with van der Waals surface area (Å²) in [6, 6.07) is 14.7. The van der Waals surface area contributed by atoms with Crippen LogP contribution in [0.2, 0.25) is 0 Å². The van der Waals surface area contributed by atoms with E-state index in [0.29, 0.717) is 23.8 Å². The molecular weight excluding hydrogens is 373 g/mol. The lowest BCUT2D eigenvalue weighted by Gasteiger charge is -2.05. The van der Waals surface area contributed by atoms with Crippen molar-refractivity contribution >= 4 is 23.5 Å². The third-order valence-electron chi connectivity index (χ3n) is 4.01. The second-order valence-electron chi connectivity index (χ2n) is 6.14. The molecule has 0 bridgehead atoms. The smallest absolute Gasteiger partial charge is 0.258 e. The predicted octanol–water partition coefficient (Wildman–Crippen LogP) is 3.32. The molecule has 4 rings (SSSR count). The second kappa shape index (κ2) is 8.26. The molecule has 0 fully saturated rings. The van der Waals surface area contributed by atoms with Gasteiger partial charge in [0.25, 0.3) is 5.91 Å². The van der Waals surface area contributed by atoms with Crippen LogP contribution < -0.4 is 10.6 Å². The highest BCUT2D eigenvalue weighted by Crippen LogP contribution is 2.14. The van der Waals surface area contributed by atoms with E-state index in [1.807, 2.05) is 0 Å². The van der Waals surface area contributed by atoms with Crippen LogP contribution >= 0.6 is 0 Å². The third-order valence-corrected chi connectivity index (χ3v) is 4.01. The molecular formula is C20H16FN7O. The van der Waals surface area contributed by atoms with Gasteiger partial charge in [-0.3, -0.25) is 15.2 Å². The van der Waals surface area contributed by atoms with Gasteiger partial charge >= 0.3 is 0 Å². The summed E-state index contributed by atoms with van der Waals surface area (Å²) in [4.78, 5) is 24.8. The van der Waals surface area contributed by atoms with Crippen LogP contribution in [0, 0.1) is 5.82 Å². The molecule has 0 atom stereocenters. The largest absolute Gasteiger partial charge is 0.324 e. The van der Waals surface area contributed by atoms with E-state index in [1.165, 1.54) is 12.1 Å². The molecule has 0 radical (unpaired) electrons. The maximum Gasteiger partial charge on any atom is 0.258 e. The lowest BCUT2D eigenvalue weighted by atomic mass is 10.1. The first kappa shape index (κ1) is 18.2. The Hall–Kier alpha value is -4.14. The summed E-state index contributed by atoms with van der Waals surface area (Å²) in [5.41, 5.74) is 2.09. The number of halogens is 1. The molecule has 0 aliphatic carbocycles. The molecule has 0 aliphatic heterocycles. The maximum absolute atomic E-state index is 13.0. The number of carbonyl (C=O) groups is 1. The number of rotatable bonds is 6. The lowest BCUT2D eigenvalue weighted by Crippen LogP contribution is -2.13. The maximum atomic E-state index is 13.0. The normalized spacial score (nSPS) is 10.5. The number of hydrogen-bond donors (Lipinski definition) is 3. The van der Waals surface area contributed by atoms with Crippen molar-refractivity contribution in [1.29, 1.82) is 0 Å². The molecule has 2 aromatic heterocycles. The SMILES string of the molecule is O=C(Nc1n[nH]c(Cc2ccc(F)cc2)n1)c1ccc(Nc2ncccn2)cc1. The highest BCUT2D eigenvalue weighted by atomic mass is 19.1. The van der Waals surface area contributed by atoms with Crippen LogP contribution in [0.3, 0.4) is 0 Å². The monoisotopic (exact) mass is 389 g/mol. The zero-order valence-electron chi connectivity index (χ0n) is 15.1. The van der Waals surface area contributed by atoms with Gasteiger partial charge in [-0.25, -0.2) is 14.4 Å². The average Bonchev–Trinajstić information content (AvgIpc) is 3.18. The van der Waals surface area contributed by atoms with E-state index in [4.69, 9.17) is 0 Å². The minimum absolute atomic E-state index is 0.173. The van der Waals surface area contributed by atoms with E-state index in [0.717, 1.165) is 11.3 Å². The Morgan fingerprint density at radius 3 is 2.41 bits per heavy atom. The van der Waals surface area contributed by atoms with Gasteiger partial charge in [0.15, 0.2) is 0 Å². The molecule has 0 spiro atoms. The Bertz CT molecular complexity index is 1100. The number of anilines is 3. The van der Waals surface area contributed by atoms with Crippen molar-refractivity contribution in [3.05, 3.63) is 89.8 Å². The first-order valence-electron chi connectivity index (χ1n) is 8.77. The fourth-order valence-corrected chi connectivity index (χ4v) is 2.60. The fraction of sp³-hybridized carbons (Fsp3) is 0.0500. The van der Waals surface area contributed by atoms with E-state index in [-0.39, 0.29) is 17.7 Å². The summed E-state index contributed by atoms with van der Waals surface area (Å²) >= 11 is 0. The molecule has 0 unspecified atom stereocenters. The van der Waals surface area contributed by atoms with E-state index < -0.39 is 0 Å². The first-order chi connectivity index (χ1) is 14.2. The molecule has 2 heterocycles. The minimum Gasteiger partial charge on any atom is -0.324 e. The number of nitrogens with one attached hydrogen (secondary N) is 3. The van der Waals surface area contributed by atoms with Crippen LogP contribution in [0.5, 0.6) is 0 Å². The van der Waals surface area contributed by atoms with Gasteiger partial charge in [-0.05, 0) is 48.0 Å². The number of aromatic amines is 1. The van der Waals surface area contributed by atoms with Crippen molar-refractivity contribution in [2.24, 2.45) is 0 Å². The summed E-state index contributed by atoms with van der Waals surface area (Å²) < 4.78 is 13.0. The molecule has 0 aliphatic rings. The molecule has 2 aromatic carbocycles.